The van der Waals surface area contributed by atoms with Gasteiger partial charge in [-0.2, -0.15) is 5.26 Å². The molecule has 0 bridgehead atoms. The highest BCUT2D eigenvalue weighted by Gasteiger charge is 2.19. The highest BCUT2D eigenvalue weighted by Crippen LogP contribution is 2.35. The van der Waals surface area contributed by atoms with Crippen LogP contribution in [0.2, 0.25) is 5.02 Å². The first-order valence-electron chi connectivity index (χ1n) is 8.97. The van der Waals surface area contributed by atoms with E-state index >= 15 is 0 Å². The molecule has 7 nitrogen and oxygen atoms in total. The lowest BCUT2D eigenvalue weighted by Crippen LogP contribution is -1.89. The van der Waals surface area contributed by atoms with E-state index in [1.807, 2.05) is 6.07 Å². The van der Waals surface area contributed by atoms with Gasteiger partial charge in [-0.25, -0.2) is 9.37 Å². The molecular weight excluding hydrogens is 457 g/mol. The average Bonchev–Trinajstić information content (AvgIpc) is 3.45. The van der Waals surface area contributed by atoms with Gasteiger partial charge in [0.2, 0.25) is 0 Å². The van der Waals surface area contributed by atoms with Gasteiger partial charge in [0.15, 0.2) is 11.5 Å². The Morgan fingerprint density at radius 2 is 1.97 bits per heavy atom. The van der Waals surface area contributed by atoms with E-state index in [1.165, 1.54) is 42.5 Å². The van der Waals surface area contributed by atoms with Crippen LogP contribution in [-0.4, -0.2) is 15.0 Å². The molecule has 0 aliphatic heterocycles. The number of hydrogen-bond donors (Lipinski definition) is 1. The molecule has 32 heavy (non-hydrogen) atoms. The number of aromatic nitrogens is 1. The number of nitro groups is 1. The molecule has 2 heterocycles. The van der Waals surface area contributed by atoms with Gasteiger partial charge in [-0.1, -0.05) is 11.6 Å². The summed E-state index contributed by atoms with van der Waals surface area (Å²) in [6.07, 6.45) is 0. The Hall–Kier alpha value is -4.00. The zero-order valence-electron chi connectivity index (χ0n) is 16.0. The van der Waals surface area contributed by atoms with Crippen LogP contribution in [0.25, 0.3) is 33.9 Å². The minimum atomic E-state index is -0.564. The Labute approximate surface area is 189 Å². The van der Waals surface area contributed by atoms with Crippen molar-refractivity contribution in [2.75, 3.05) is 0 Å². The monoisotopic (exact) mass is 467 g/mol. The molecule has 0 radical (unpaired) electrons. The Bertz CT molecular complexity index is 1400. The standard InChI is InChI=1S/C22H11ClFN3O4S/c23-17-9-14(27(29)30)5-6-15(17)19-7-8-20(31-19)21(28)16(10-25)22-26-18(11-32-22)12-1-3-13(24)4-2-12/h1-9,11,28H. The van der Waals surface area contributed by atoms with Gasteiger partial charge in [0, 0.05) is 28.6 Å². The maximum atomic E-state index is 13.1. The second kappa shape index (κ2) is 8.63. The minimum Gasteiger partial charge on any atom is -0.503 e. The van der Waals surface area contributed by atoms with Crippen LogP contribution in [0.3, 0.4) is 0 Å². The van der Waals surface area contributed by atoms with Crippen LogP contribution in [0.1, 0.15) is 10.8 Å². The number of halogens is 2. The maximum Gasteiger partial charge on any atom is 0.270 e. The molecule has 158 valence electrons. The number of benzene rings is 2. The van der Waals surface area contributed by atoms with E-state index in [9.17, 15) is 24.9 Å². The number of nitriles is 1. The normalized spacial score (nSPS) is 11.7. The van der Waals surface area contributed by atoms with Gasteiger partial charge in [0.05, 0.1) is 15.6 Å². The Morgan fingerprint density at radius 1 is 1.22 bits per heavy atom. The molecule has 1 N–H and O–H groups in total. The largest absolute Gasteiger partial charge is 0.503 e. The number of aliphatic hydroxyl groups excluding tert-OH is 1. The second-order valence-corrected chi connectivity index (χ2v) is 7.73. The zero-order valence-corrected chi connectivity index (χ0v) is 17.5. The predicted molar refractivity (Wildman–Crippen MR) is 118 cm³/mol. The van der Waals surface area contributed by atoms with E-state index in [2.05, 4.69) is 4.98 Å². The number of nitrogens with zero attached hydrogens (tertiary/aromatic N) is 3. The van der Waals surface area contributed by atoms with Crippen molar-refractivity contribution < 1.29 is 18.8 Å². The second-order valence-electron chi connectivity index (χ2n) is 6.47. The van der Waals surface area contributed by atoms with Crippen molar-refractivity contribution in [3.05, 3.63) is 91.7 Å². The maximum absolute atomic E-state index is 13.1. The summed E-state index contributed by atoms with van der Waals surface area (Å²) in [6.45, 7) is 0. The van der Waals surface area contributed by atoms with Crippen molar-refractivity contribution in [2.24, 2.45) is 0 Å². The van der Waals surface area contributed by atoms with E-state index < -0.39 is 10.7 Å². The molecule has 0 aliphatic rings. The topological polar surface area (TPSA) is 113 Å². The minimum absolute atomic E-state index is 0.00417. The van der Waals surface area contributed by atoms with Crippen LogP contribution < -0.4 is 0 Å². The van der Waals surface area contributed by atoms with Crippen LogP contribution in [0.5, 0.6) is 0 Å². The van der Waals surface area contributed by atoms with E-state index in [-0.39, 0.29) is 38.6 Å². The molecule has 0 spiro atoms. The van der Waals surface area contributed by atoms with Crippen LogP contribution in [0.15, 0.2) is 64.4 Å². The Balaban J connectivity index is 1.67. The van der Waals surface area contributed by atoms with Crippen molar-refractivity contribution in [1.29, 1.82) is 5.26 Å². The molecule has 0 aliphatic carbocycles. The third kappa shape index (κ3) is 4.09. The summed E-state index contributed by atoms with van der Waals surface area (Å²) < 4.78 is 18.8. The molecule has 0 atom stereocenters. The fourth-order valence-corrected chi connectivity index (χ4v) is 3.99. The van der Waals surface area contributed by atoms with Crippen LogP contribution in [0, 0.1) is 27.3 Å². The summed E-state index contributed by atoms with van der Waals surface area (Å²) in [5, 5.41) is 33.2. The molecule has 2 aromatic carbocycles. The predicted octanol–water partition coefficient (Wildman–Crippen LogP) is 6.72. The highest BCUT2D eigenvalue weighted by molar-refractivity contribution is 7.11. The smallest absolute Gasteiger partial charge is 0.270 e. The third-order valence-electron chi connectivity index (χ3n) is 4.47. The van der Waals surface area contributed by atoms with Gasteiger partial charge < -0.3 is 9.52 Å². The first-order valence-corrected chi connectivity index (χ1v) is 10.2. The van der Waals surface area contributed by atoms with Crippen molar-refractivity contribution in [2.45, 2.75) is 0 Å². The Morgan fingerprint density at radius 3 is 2.62 bits per heavy atom. The zero-order chi connectivity index (χ0) is 22.8. The summed E-state index contributed by atoms with van der Waals surface area (Å²) in [7, 11) is 0. The summed E-state index contributed by atoms with van der Waals surface area (Å²) in [5.41, 5.74) is 1.32. The fourth-order valence-electron chi connectivity index (χ4n) is 2.89. The van der Waals surface area contributed by atoms with Gasteiger partial charge >= 0.3 is 0 Å². The summed E-state index contributed by atoms with van der Waals surface area (Å²) in [4.78, 5) is 14.7. The van der Waals surface area contributed by atoms with E-state index in [4.69, 9.17) is 16.0 Å². The average molecular weight is 468 g/mol. The molecular formula is C22H11ClFN3O4S. The number of thiazole rings is 1. The van der Waals surface area contributed by atoms with Gasteiger partial charge in [-0.3, -0.25) is 10.1 Å². The highest BCUT2D eigenvalue weighted by atomic mass is 35.5. The van der Waals surface area contributed by atoms with E-state index in [0.717, 1.165) is 11.3 Å². The van der Waals surface area contributed by atoms with Gasteiger partial charge in [-0.05, 0) is 42.5 Å². The molecule has 2 aromatic heterocycles. The van der Waals surface area contributed by atoms with E-state index in [0.29, 0.717) is 16.8 Å². The van der Waals surface area contributed by atoms with Gasteiger partial charge in [-0.15, -0.1) is 11.3 Å². The van der Waals surface area contributed by atoms with Crippen LogP contribution >= 0.6 is 22.9 Å². The van der Waals surface area contributed by atoms with Crippen LogP contribution in [-0.2, 0) is 0 Å². The lowest BCUT2D eigenvalue weighted by atomic mass is 10.1. The van der Waals surface area contributed by atoms with E-state index in [1.54, 1.807) is 17.5 Å². The molecule has 4 aromatic rings. The SMILES string of the molecule is N#CC(=C(O)c1ccc(-c2ccc([N+](=O)[O-])cc2Cl)o1)c1nc(-c2ccc(F)cc2)cs1. The summed E-state index contributed by atoms with van der Waals surface area (Å²) >= 11 is 7.27. The number of furan rings is 1. The molecule has 0 saturated heterocycles. The summed E-state index contributed by atoms with van der Waals surface area (Å²) in [6, 6.07) is 14.6. The fraction of sp³-hybridized carbons (Fsp3) is 0. The molecule has 0 fully saturated rings. The number of hydrogen-bond acceptors (Lipinski definition) is 7. The van der Waals surface area contributed by atoms with Crippen molar-refractivity contribution in [1.82, 2.24) is 4.98 Å². The third-order valence-corrected chi connectivity index (χ3v) is 5.65. The first kappa shape index (κ1) is 21.2. The number of nitro benzene ring substituents is 1. The van der Waals surface area contributed by atoms with Gasteiger partial charge in [0.1, 0.15) is 28.2 Å². The molecule has 0 unspecified atom stereocenters. The molecule has 0 amide bonds. The van der Waals surface area contributed by atoms with Crippen LogP contribution in [0.4, 0.5) is 10.1 Å². The molecule has 10 heteroatoms. The number of rotatable bonds is 5. The number of aliphatic hydroxyl groups is 1. The van der Waals surface area contributed by atoms with Crippen molar-refractivity contribution in [3.63, 3.8) is 0 Å². The molecule has 0 saturated carbocycles. The van der Waals surface area contributed by atoms with Gasteiger partial charge in [0.25, 0.3) is 5.69 Å². The molecule has 4 rings (SSSR count). The quantitative estimate of drug-likeness (QED) is 0.151. The lowest BCUT2D eigenvalue weighted by Gasteiger charge is -2.02. The number of allylic oxidation sites excluding steroid dienone is 1. The first-order chi connectivity index (χ1) is 15.4. The number of non-ortho nitro benzene ring substituents is 1. The van der Waals surface area contributed by atoms with Crippen molar-refractivity contribution in [3.8, 4) is 28.7 Å². The Kier molecular flexibility index (Phi) is 5.73. The summed E-state index contributed by atoms with van der Waals surface area (Å²) in [5.74, 6) is -0.530. The van der Waals surface area contributed by atoms with Crippen molar-refractivity contribution >= 4 is 40.0 Å². The lowest BCUT2D eigenvalue weighted by molar-refractivity contribution is -0.384.